The van der Waals surface area contributed by atoms with Crippen LogP contribution in [0.3, 0.4) is 0 Å². The summed E-state index contributed by atoms with van der Waals surface area (Å²) in [4.78, 5) is 0. The lowest BCUT2D eigenvalue weighted by atomic mass is 10.2. The lowest BCUT2D eigenvalue weighted by Gasteiger charge is -2.23. The van der Waals surface area contributed by atoms with Gasteiger partial charge in [-0.1, -0.05) is 0 Å². The minimum atomic E-state index is 0.498. The van der Waals surface area contributed by atoms with Crippen LogP contribution >= 0.6 is 0 Å². The van der Waals surface area contributed by atoms with Gasteiger partial charge < -0.3 is 10.1 Å². The van der Waals surface area contributed by atoms with Crippen LogP contribution < -0.4 is 5.32 Å². The molecule has 4 heteroatoms. The first-order valence-corrected chi connectivity index (χ1v) is 4.74. The Morgan fingerprint density at radius 3 is 3.31 bits per heavy atom. The number of morpholine rings is 1. The van der Waals surface area contributed by atoms with E-state index in [2.05, 4.69) is 10.4 Å². The predicted molar refractivity (Wildman–Crippen MR) is 49.5 cm³/mol. The fraction of sp³-hybridized carbons (Fsp3) is 0.667. The molecule has 1 atom stereocenters. The van der Waals surface area contributed by atoms with E-state index in [9.17, 15) is 0 Å². The minimum absolute atomic E-state index is 0.498. The highest BCUT2D eigenvalue weighted by molar-refractivity contribution is 4.78. The van der Waals surface area contributed by atoms with Gasteiger partial charge in [0.2, 0.25) is 0 Å². The van der Waals surface area contributed by atoms with Gasteiger partial charge in [-0.15, -0.1) is 0 Å². The average Bonchev–Trinajstić information content (AvgIpc) is 2.69. The highest BCUT2D eigenvalue weighted by atomic mass is 16.5. The monoisotopic (exact) mass is 181 g/mol. The minimum Gasteiger partial charge on any atom is -0.379 e. The van der Waals surface area contributed by atoms with Crippen molar-refractivity contribution in [2.24, 2.45) is 0 Å². The molecule has 1 fully saturated rings. The van der Waals surface area contributed by atoms with Crippen molar-refractivity contribution >= 4 is 0 Å². The number of aromatic nitrogens is 2. The van der Waals surface area contributed by atoms with E-state index in [1.165, 1.54) is 0 Å². The number of nitrogens with one attached hydrogen (secondary N) is 1. The number of aryl methyl sites for hydroxylation is 1. The molecule has 2 heterocycles. The molecular weight excluding hydrogens is 166 g/mol. The second-order valence-electron chi connectivity index (χ2n) is 3.28. The molecule has 0 radical (unpaired) electrons. The molecule has 1 aliphatic rings. The molecule has 0 saturated carbocycles. The van der Waals surface area contributed by atoms with Crippen LogP contribution in [-0.4, -0.2) is 35.6 Å². The summed E-state index contributed by atoms with van der Waals surface area (Å²) in [5, 5.41) is 7.56. The quantitative estimate of drug-likeness (QED) is 0.727. The summed E-state index contributed by atoms with van der Waals surface area (Å²) in [6.45, 7) is 3.62. The number of nitrogens with zero attached hydrogens (tertiary/aromatic N) is 2. The van der Waals surface area contributed by atoms with E-state index in [1.807, 2.05) is 23.1 Å². The van der Waals surface area contributed by atoms with Gasteiger partial charge >= 0.3 is 0 Å². The number of hydrogen-bond donors (Lipinski definition) is 1. The zero-order valence-corrected chi connectivity index (χ0v) is 7.65. The molecule has 1 N–H and O–H groups in total. The largest absolute Gasteiger partial charge is 0.379 e. The third kappa shape index (κ3) is 2.54. The predicted octanol–water partition coefficient (Wildman–Crippen LogP) is 0.262. The van der Waals surface area contributed by atoms with Gasteiger partial charge in [-0.25, -0.2) is 0 Å². The summed E-state index contributed by atoms with van der Waals surface area (Å²) in [5.74, 6) is 0. The first kappa shape index (κ1) is 8.72. The van der Waals surface area contributed by atoms with Crippen molar-refractivity contribution in [3.05, 3.63) is 18.5 Å². The Labute approximate surface area is 77.9 Å². The van der Waals surface area contributed by atoms with Crippen LogP contribution in [0, 0.1) is 0 Å². The molecule has 1 aromatic heterocycles. The maximum atomic E-state index is 5.36. The molecule has 0 amide bonds. The number of rotatable bonds is 3. The average molecular weight is 181 g/mol. The SMILES string of the molecule is c1cnn(CCC2COCCN2)c1. The molecule has 0 spiro atoms. The van der Waals surface area contributed by atoms with Gasteiger partial charge in [-0.3, -0.25) is 4.68 Å². The lowest BCUT2D eigenvalue weighted by Crippen LogP contribution is -2.41. The maximum absolute atomic E-state index is 5.36. The van der Waals surface area contributed by atoms with Crippen LogP contribution in [0.15, 0.2) is 18.5 Å². The summed E-state index contributed by atoms with van der Waals surface area (Å²) >= 11 is 0. The van der Waals surface area contributed by atoms with Crippen LogP contribution in [-0.2, 0) is 11.3 Å². The molecule has 1 aliphatic heterocycles. The van der Waals surface area contributed by atoms with Crippen LogP contribution in [0.1, 0.15) is 6.42 Å². The topological polar surface area (TPSA) is 39.1 Å². The van der Waals surface area contributed by atoms with Crippen LogP contribution in [0.4, 0.5) is 0 Å². The molecule has 1 unspecified atom stereocenters. The standard InChI is InChI=1S/C9H15N3O/c1-3-11-12(5-1)6-2-9-8-13-7-4-10-9/h1,3,5,9-10H,2,4,6-8H2. The second kappa shape index (κ2) is 4.39. The van der Waals surface area contributed by atoms with Crippen molar-refractivity contribution in [3.8, 4) is 0 Å². The van der Waals surface area contributed by atoms with Crippen molar-refractivity contribution < 1.29 is 4.74 Å². The highest BCUT2D eigenvalue weighted by Crippen LogP contribution is 2.00. The Kier molecular flexibility index (Phi) is 2.94. The molecule has 72 valence electrons. The van der Waals surface area contributed by atoms with Crippen LogP contribution in [0.25, 0.3) is 0 Å². The second-order valence-corrected chi connectivity index (χ2v) is 3.28. The zero-order chi connectivity index (χ0) is 8.93. The van der Waals surface area contributed by atoms with Crippen molar-refractivity contribution in [2.75, 3.05) is 19.8 Å². The lowest BCUT2D eigenvalue weighted by molar-refractivity contribution is 0.0725. The van der Waals surface area contributed by atoms with Gasteiger partial charge in [-0.05, 0) is 12.5 Å². The van der Waals surface area contributed by atoms with Gasteiger partial charge in [0, 0.05) is 31.5 Å². The Bertz CT molecular complexity index is 229. The smallest absolute Gasteiger partial charge is 0.0620 e. The molecule has 2 rings (SSSR count). The van der Waals surface area contributed by atoms with Crippen molar-refractivity contribution in [2.45, 2.75) is 19.0 Å². The zero-order valence-electron chi connectivity index (χ0n) is 7.65. The summed E-state index contributed by atoms with van der Waals surface area (Å²) in [6, 6.07) is 2.45. The van der Waals surface area contributed by atoms with E-state index in [-0.39, 0.29) is 0 Å². The number of hydrogen-bond acceptors (Lipinski definition) is 3. The third-order valence-electron chi connectivity index (χ3n) is 2.26. The fourth-order valence-corrected chi connectivity index (χ4v) is 1.53. The molecule has 1 saturated heterocycles. The summed E-state index contributed by atoms with van der Waals surface area (Å²) < 4.78 is 7.31. The van der Waals surface area contributed by atoms with E-state index in [0.29, 0.717) is 6.04 Å². The normalized spacial score (nSPS) is 23.2. The first-order valence-electron chi connectivity index (χ1n) is 4.74. The van der Waals surface area contributed by atoms with Gasteiger partial charge in [0.15, 0.2) is 0 Å². The molecular formula is C9H15N3O. The van der Waals surface area contributed by atoms with Crippen LogP contribution in [0.5, 0.6) is 0 Å². The molecule has 1 aromatic rings. The van der Waals surface area contributed by atoms with E-state index in [4.69, 9.17) is 4.74 Å². The molecule has 0 bridgehead atoms. The number of ether oxygens (including phenoxy) is 1. The van der Waals surface area contributed by atoms with Crippen molar-refractivity contribution in [1.29, 1.82) is 0 Å². The molecule has 4 nitrogen and oxygen atoms in total. The summed E-state index contributed by atoms with van der Waals surface area (Å²) in [5.41, 5.74) is 0. The van der Waals surface area contributed by atoms with E-state index in [0.717, 1.165) is 32.7 Å². The van der Waals surface area contributed by atoms with Gasteiger partial charge in [-0.2, -0.15) is 5.10 Å². The Morgan fingerprint density at radius 2 is 2.62 bits per heavy atom. The van der Waals surface area contributed by atoms with Crippen molar-refractivity contribution in [3.63, 3.8) is 0 Å². The van der Waals surface area contributed by atoms with Crippen molar-refractivity contribution in [1.82, 2.24) is 15.1 Å². The molecule has 13 heavy (non-hydrogen) atoms. The summed E-state index contributed by atoms with van der Waals surface area (Å²) in [6.07, 6.45) is 4.89. The third-order valence-corrected chi connectivity index (χ3v) is 2.26. The highest BCUT2D eigenvalue weighted by Gasteiger charge is 2.12. The van der Waals surface area contributed by atoms with Gasteiger partial charge in [0.1, 0.15) is 0 Å². The Hall–Kier alpha value is -0.870. The van der Waals surface area contributed by atoms with Crippen LogP contribution in [0.2, 0.25) is 0 Å². The van der Waals surface area contributed by atoms with E-state index >= 15 is 0 Å². The Morgan fingerprint density at radius 1 is 1.62 bits per heavy atom. The maximum Gasteiger partial charge on any atom is 0.0620 e. The van der Waals surface area contributed by atoms with E-state index in [1.54, 1.807) is 0 Å². The Balaban J connectivity index is 1.72. The molecule has 0 aromatic carbocycles. The van der Waals surface area contributed by atoms with E-state index < -0.39 is 0 Å². The first-order chi connectivity index (χ1) is 6.45. The molecule has 0 aliphatic carbocycles. The summed E-state index contributed by atoms with van der Waals surface area (Å²) in [7, 11) is 0. The van der Waals surface area contributed by atoms with Gasteiger partial charge in [0.05, 0.1) is 13.2 Å². The van der Waals surface area contributed by atoms with Gasteiger partial charge in [0.25, 0.3) is 0 Å². The fourth-order valence-electron chi connectivity index (χ4n) is 1.53.